The van der Waals surface area contributed by atoms with E-state index in [-0.39, 0.29) is 24.9 Å². The highest BCUT2D eigenvalue weighted by atomic mass is 16.5. The standard InChI is InChI=1S/C33H42N6O6/c1-20(2)24-13-16-39(37-24)28-18-27(23-11-12-26(44-5)21(3)29(23)35-28)45-17-14-25-30(40)36-33(31(41)42)19-22(33)10-8-6-7-9-15-38(4)32(43)34-25/h8,10-13,16,18,20,22,25H,6-7,9,14-15,17,19H2,1-5H3,(H,34,43)(H,36,40)(H,41,42)/b10-8-/t22-,25+,33-/m1/s1. The van der Waals surface area contributed by atoms with Gasteiger partial charge in [-0.15, -0.1) is 0 Å². The number of methoxy groups -OCH3 is 1. The van der Waals surface area contributed by atoms with Crippen LogP contribution in [0.4, 0.5) is 4.79 Å². The number of benzene rings is 1. The molecule has 1 aromatic carbocycles. The first-order valence-electron chi connectivity index (χ1n) is 15.4. The lowest BCUT2D eigenvalue weighted by molar-refractivity contribution is -0.143. The van der Waals surface area contributed by atoms with E-state index in [1.54, 1.807) is 24.9 Å². The lowest BCUT2D eigenvalue weighted by atomic mass is 10.1. The molecule has 1 saturated carbocycles. The molecule has 240 valence electrons. The van der Waals surface area contributed by atoms with E-state index in [1.807, 2.05) is 43.5 Å². The number of rotatable bonds is 8. The van der Waals surface area contributed by atoms with E-state index < -0.39 is 29.5 Å². The summed E-state index contributed by atoms with van der Waals surface area (Å²) in [5, 5.41) is 21.0. The zero-order chi connectivity index (χ0) is 32.3. The number of aliphatic carboxylic acids is 1. The number of carbonyl (C=O) groups is 3. The fourth-order valence-corrected chi connectivity index (χ4v) is 5.66. The van der Waals surface area contributed by atoms with Gasteiger partial charge in [0.05, 0.1) is 24.9 Å². The van der Waals surface area contributed by atoms with Crippen LogP contribution in [0, 0.1) is 12.8 Å². The summed E-state index contributed by atoms with van der Waals surface area (Å²) in [6.07, 6.45) is 8.56. The average molecular weight is 619 g/mol. The number of carbonyl (C=O) groups excluding carboxylic acids is 2. The second-order valence-electron chi connectivity index (χ2n) is 12.2. The Hall–Kier alpha value is -4.61. The Morgan fingerprint density at radius 3 is 2.71 bits per heavy atom. The van der Waals surface area contributed by atoms with Crippen LogP contribution in [0.3, 0.4) is 0 Å². The number of hydrogen-bond donors (Lipinski definition) is 3. The van der Waals surface area contributed by atoms with Crippen LogP contribution in [0.5, 0.6) is 11.5 Å². The molecule has 12 nitrogen and oxygen atoms in total. The zero-order valence-electron chi connectivity index (χ0n) is 26.5. The maximum absolute atomic E-state index is 13.5. The lowest BCUT2D eigenvalue weighted by Crippen LogP contribution is -2.55. The van der Waals surface area contributed by atoms with Gasteiger partial charge in [-0.1, -0.05) is 26.0 Å². The van der Waals surface area contributed by atoms with Crippen LogP contribution in [-0.4, -0.2) is 81.6 Å². The smallest absolute Gasteiger partial charge is 0.330 e. The summed E-state index contributed by atoms with van der Waals surface area (Å²) in [5.41, 5.74) is 1.07. The number of carboxylic acid groups (broad SMARTS) is 1. The van der Waals surface area contributed by atoms with Crippen LogP contribution in [0.15, 0.2) is 42.6 Å². The summed E-state index contributed by atoms with van der Waals surface area (Å²) in [4.78, 5) is 45.2. The van der Waals surface area contributed by atoms with Crippen molar-refractivity contribution in [2.45, 2.75) is 70.4 Å². The number of nitrogens with zero attached hydrogens (tertiary/aromatic N) is 4. The molecule has 2 aromatic heterocycles. The molecule has 1 aliphatic heterocycles. The van der Waals surface area contributed by atoms with E-state index >= 15 is 0 Å². The number of nitrogens with one attached hydrogen (secondary N) is 2. The Labute approximate surface area is 262 Å². The first kappa shape index (κ1) is 31.8. The third-order valence-electron chi connectivity index (χ3n) is 8.64. The van der Waals surface area contributed by atoms with Gasteiger partial charge in [0, 0.05) is 49.1 Å². The highest BCUT2D eigenvalue weighted by molar-refractivity contribution is 5.94. The fraction of sp³-hybridized carbons (Fsp3) is 0.485. The Morgan fingerprint density at radius 2 is 2.00 bits per heavy atom. The van der Waals surface area contributed by atoms with E-state index in [4.69, 9.17) is 14.5 Å². The second kappa shape index (κ2) is 13.2. The molecule has 2 aliphatic rings. The molecular formula is C33H42N6O6. The molecule has 3 amide bonds. The number of fused-ring (bicyclic) bond motifs is 2. The van der Waals surface area contributed by atoms with E-state index in [0.717, 1.165) is 35.9 Å². The van der Waals surface area contributed by atoms with Gasteiger partial charge in [0.25, 0.3) is 0 Å². The van der Waals surface area contributed by atoms with E-state index in [1.165, 1.54) is 4.90 Å². The molecule has 0 spiro atoms. The molecule has 0 radical (unpaired) electrons. The molecule has 1 fully saturated rings. The Balaban J connectivity index is 1.42. The first-order chi connectivity index (χ1) is 21.5. The van der Waals surface area contributed by atoms with Crippen LogP contribution < -0.4 is 20.1 Å². The maximum Gasteiger partial charge on any atom is 0.330 e. The van der Waals surface area contributed by atoms with Crippen LogP contribution >= 0.6 is 0 Å². The highest BCUT2D eigenvalue weighted by Gasteiger charge is 2.60. The van der Waals surface area contributed by atoms with Crippen molar-refractivity contribution < 1.29 is 29.0 Å². The molecule has 5 rings (SSSR count). The summed E-state index contributed by atoms with van der Waals surface area (Å²) in [6, 6.07) is 6.05. The number of urea groups is 1. The maximum atomic E-state index is 13.5. The van der Waals surface area contributed by atoms with Crippen LogP contribution in [-0.2, 0) is 9.59 Å². The summed E-state index contributed by atoms with van der Waals surface area (Å²) in [7, 11) is 3.29. The quantitative estimate of drug-likeness (QED) is 0.316. The minimum Gasteiger partial charge on any atom is -0.496 e. The third kappa shape index (κ3) is 6.74. The minimum atomic E-state index is -1.38. The van der Waals surface area contributed by atoms with Gasteiger partial charge >= 0.3 is 12.0 Å². The van der Waals surface area contributed by atoms with Gasteiger partial charge in [-0.2, -0.15) is 5.10 Å². The van der Waals surface area contributed by atoms with E-state index in [0.29, 0.717) is 35.8 Å². The number of aromatic nitrogens is 3. The number of aryl methyl sites for hydroxylation is 1. The average Bonchev–Trinajstić information content (AvgIpc) is 3.47. The van der Waals surface area contributed by atoms with Crippen molar-refractivity contribution in [3.63, 3.8) is 0 Å². The summed E-state index contributed by atoms with van der Waals surface area (Å²) >= 11 is 0. The first-order valence-corrected chi connectivity index (χ1v) is 15.4. The van der Waals surface area contributed by atoms with Crippen molar-refractivity contribution in [2.24, 2.45) is 5.92 Å². The molecule has 0 bridgehead atoms. The van der Waals surface area contributed by atoms with Crippen molar-refractivity contribution in [3.05, 3.63) is 53.9 Å². The predicted molar refractivity (Wildman–Crippen MR) is 169 cm³/mol. The Morgan fingerprint density at radius 1 is 1.20 bits per heavy atom. The molecule has 0 unspecified atom stereocenters. The monoisotopic (exact) mass is 618 g/mol. The fourth-order valence-electron chi connectivity index (χ4n) is 5.66. The Bertz CT molecular complexity index is 1620. The van der Waals surface area contributed by atoms with Crippen LogP contribution in [0.1, 0.15) is 63.1 Å². The number of pyridine rings is 1. The van der Waals surface area contributed by atoms with Gasteiger partial charge in [0.15, 0.2) is 5.82 Å². The van der Waals surface area contributed by atoms with E-state index in [2.05, 4.69) is 29.6 Å². The number of amides is 3. The molecule has 1 aliphatic carbocycles. The second-order valence-corrected chi connectivity index (χ2v) is 12.2. The number of ether oxygens (including phenoxy) is 2. The normalized spacial score (nSPS) is 23.1. The van der Waals surface area contributed by atoms with Gasteiger partial charge in [-0.3, -0.25) is 4.79 Å². The van der Waals surface area contributed by atoms with Gasteiger partial charge in [0.2, 0.25) is 5.91 Å². The molecule has 45 heavy (non-hydrogen) atoms. The largest absolute Gasteiger partial charge is 0.496 e. The van der Waals surface area contributed by atoms with Crippen LogP contribution in [0.25, 0.3) is 16.7 Å². The molecule has 0 saturated heterocycles. The Kier molecular flexibility index (Phi) is 9.31. The predicted octanol–water partition coefficient (Wildman–Crippen LogP) is 4.34. The van der Waals surface area contributed by atoms with Crippen molar-refractivity contribution in [3.8, 4) is 17.3 Å². The number of carboxylic acids is 1. The molecule has 3 N–H and O–H groups in total. The molecule has 12 heteroatoms. The molecular weight excluding hydrogens is 576 g/mol. The van der Waals surface area contributed by atoms with Gasteiger partial charge in [-0.05, 0) is 56.7 Å². The lowest BCUT2D eigenvalue weighted by Gasteiger charge is -2.25. The molecule has 3 heterocycles. The molecule has 3 aromatic rings. The topological polar surface area (TPSA) is 148 Å². The van der Waals surface area contributed by atoms with Crippen molar-refractivity contribution in [1.82, 2.24) is 30.3 Å². The van der Waals surface area contributed by atoms with Gasteiger partial charge < -0.3 is 30.1 Å². The SMILES string of the molecule is COc1ccc2c(OCC[C@@H]3NC(=O)N(C)CCCC/C=C\[C@@H]4C[C@@]4(C(=O)O)NC3=O)cc(-n3ccc(C(C)C)n3)nc2c1C. The van der Waals surface area contributed by atoms with Crippen molar-refractivity contribution in [2.75, 3.05) is 27.3 Å². The summed E-state index contributed by atoms with van der Waals surface area (Å²) in [6.45, 7) is 6.66. The number of allylic oxidation sites excluding steroid dienone is 1. The van der Waals surface area contributed by atoms with Gasteiger partial charge in [0.1, 0.15) is 23.1 Å². The van der Waals surface area contributed by atoms with Crippen molar-refractivity contribution in [1.29, 1.82) is 0 Å². The zero-order valence-corrected chi connectivity index (χ0v) is 26.5. The van der Waals surface area contributed by atoms with E-state index in [9.17, 15) is 19.5 Å². The number of hydrogen-bond acceptors (Lipinski definition) is 7. The summed E-state index contributed by atoms with van der Waals surface area (Å²) in [5.74, 6) is 0.0738. The third-order valence-corrected chi connectivity index (χ3v) is 8.64. The van der Waals surface area contributed by atoms with Gasteiger partial charge in [-0.25, -0.2) is 19.3 Å². The van der Waals surface area contributed by atoms with Crippen molar-refractivity contribution >= 4 is 28.8 Å². The summed E-state index contributed by atoms with van der Waals surface area (Å²) < 4.78 is 13.5. The highest BCUT2D eigenvalue weighted by Crippen LogP contribution is 2.45. The molecule has 3 atom stereocenters. The minimum absolute atomic E-state index is 0.0610. The van der Waals surface area contributed by atoms with Crippen LogP contribution in [0.2, 0.25) is 0 Å².